The molecule has 0 radical (unpaired) electrons. The van der Waals surface area contributed by atoms with Crippen LogP contribution in [0.3, 0.4) is 0 Å². The molecule has 0 spiro atoms. The fraction of sp³-hybridized carbons (Fsp3) is 0.467. The lowest BCUT2D eigenvalue weighted by Crippen LogP contribution is -2.45. The number of carbonyl (C=O) groups is 2. The van der Waals surface area contributed by atoms with Gasteiger partial charge >= 0.3 is 0 Å². The molecule has 126 valence electrons. The van der Waals surface area contributed by atoms with Crippen LogP contribution in [0.4, 0.5) is 0 Å². The van der Waals surface area contributed by atoms with E-state index >= 15 is 0 Å². The number of rotatable bonds is 4. The number of nitrogens with zero attached hydrogens (tertiary/aromatic N) is 1. The standard InChI is InChI=1S/C15H19Br2N3O3/c1-9-6-11(16)7-12(17)14(9)23-8-13(21)20-4-2-10(3-5-20)15(22)19-18/h6-7,10H,2-5,8,18H2,1H3,(H,19,22). The molecule has 0 bridgehead atoms. The Bertz CT molecular complexity index is 579. The predicted molar refractivity (Wildman–Crippen MR) is 93.7 cm³/mol. The number of likely N-dealkylation sites (tertiary alicyclic amines) is 1. The average molecular weight is 449 g/mol. The van der Waals surface area contributed by atoms with E-state index in [9.17, 15) is 9.59 Å². The summed E-state index contributed by atoms with van der Waals surface area (Å²) in [6.07, 6.45) is 1.24. The smallest absolute Gasteiger partial charge is 0.260 e. The number of hydrazine groups is 1. The summed E-state index contributed by atoms with van der Waals surface area (Å²) in [5.41, 5.74) is 3.11. The quantitative estimate of drug-likeness (QED) is 0.419. The first-order valence-electron chi connectivity index (χ1n) is 7.29. The summed E-state index contributed by atoms with van der Waals surface area (Å²) in [4.78, 5) is 25.5. The van der Waals surface area contributed by atoms with E-state index in [-0.39, 0.29) is 24.3 Å². The summed E-state index contributed by atoms with van der Waals surface area (Å²) in [5, 5.41) is 0. The van der Waals surface area contributed by atoms with Crippen molar-refractivity contribution < 1.29 is 14.3 Å². The number of ether oxygens (including phenoxy) is 1. The van der Waals surface area contributed by atoms with Crippen LogP contribution in [-0.2, 0) is 9.59 Å². The molecule has 1 aromatic carbocycles. The topological polar surface area (TPSA) is 84.7 Å². The van der Waals surface area contributed by atoms with E-state index in [0.717, 1.165) is 14.5 Å². The molecule has 0 aliphatic carbocycles. The van der Waals surface area contributed by atoms with Crippen molar-refractivity contribution in [3.05, 3.63) is 26.6 Å². The highest BCUT2D eigenvalue weighted by molar-refractivity contribution is 9.11. The van der Waals surface area contributed by atoms with Crippen LogP contribution >= 0.6 is 31.9 Å². The van der Waals surface area contributed by atoms with Crippen molar-refractivity contribution in [3.63, 3.8) is 0 Å². The van der Waals surface area contributed by atoms with Gasteiger partial charge in [0.25, 0.3) is 5.91 Å². The summed E-state index contributed by atoms with van der Waals surface area (Å²) in [6, 6.07) is 3.81. The van der Waals surface area contributed by atoms with Crippen molar-refractivity contribution in [1.29, 1.82) is 0 Å². The molecule has 8 heteroatoms. The third kappa shape index (κ3) is 4.68. The summed E-state index contributed by atoms with van der Waals surface area (Å²) in [6.45, 7) is 2.99. The van der Waals surface area contributed by atoms with E-state index < -0.39 is 0 Å². The minimum atomic E-state index is -0.164. The van der Waals surface area contributed by atoms with Crippen molar-refractivity contribution in [3.8, 4) is 5.75 Å². The normalized spacial score (nSPS) is 15.4. The lowest BCUT2D eigenvalue weighted by molar-refractivity contribution is -0.137. The van der Waals surface area contributed by atoms with E-state index in [1.807, 2.05) is 19.1 Å². The molecule has 0 aromatic heterocycles. The number of hydrogen-bond acceptors (Lipinski definition) is 4. The van der Waals surface area contributed by atoms with Gasteiger partial charge in [0.15, 0.2) is 6.61 Å². The molecule has 0 atom stereocenters. The molecule has 23 heavy (non-hydrogen) atoms. The van der Waals surface area contributed by atoms with Crippen molar-refractivity contribution in [2.75, 3.05) is 19.7 Å². The SMILES string of the molecule is Cc1cc(Br)cc(Br)c1OCC(=O)N1CCC(C(=O)NN)CC1. The molecule has 1 saturated heterocycles. The highest BCUT2D eigenvalue weighted by Gasteiger charge is 2.27. The van der Waals surface area contributed by atoms with Crippen LogP contribution in [-0.4, -0.2) is 36.4 Å². The lowest BCUT2D eigenvalue weighted by Gasteiger charge is -2.31. The zero-order valence-corrected chi connectivity index (χ0v) is 15.9. The van der Waals surface area contributed by atoms with Crippen molar-refractivity contribution >= 4 is 43.7 Å². The van der Waals surface area contributed by atoms with Crippen LogP contribution < -0.4 is 16.0 Å². The molecule has 3 N–H and O–H groups in total. The maximum atomic E-state index is 12.3. The Morgan fingerprint density at radius 2 is 2.00 bits per heavy atom. The molecule has 2 amide bonds. The van der Waals surface area contributed by atoms with Gasteiger partial charge in [-0.25, -0.2) is 5.84 Å². The summed E-state index contributed by atoms with van der Waals surface area (Å²) >= 11 is 6.85. The molecule has 0 unspecified atom stereocenters. The Labute approximate surface area is 152 Å². The molecular formula is C15H19Br2N3O3. The fourth-order valence-corrected chi connectivity index (χ4v) is 4.16. The Balaban J connectivity index is 1.88. The van der Waals surface area contributed by atoms with Gasteiger partial charge in [-0.3, -0.25) is 15.0 Å². The van der Waals surface area contributed by atoms with Crippen LogP contribution in [0.25, 0.3) is 0 Å². The third-order valence-corrected chi connectivity index (χ3v) is 4.94. The van der Waals surface area contributed by atoms with Crippen molar-refractivity contribution in [1.82, 2.24) is 10.3 Å². The van der Waals surface area contributed by atoms with Gasteiger partial charge in [-0.15, -0.1) is 0 Å². The molecule has 1 aromatic rings. The first-order chi connectivity index (χ1) is 10.9. The number of hydrogen-bond donors (Lipinski definition) is 2. The zero-order valence-electron chi connectivity index (χ0n) is 12.8. The molecule has 1 aliphatic heterocycles. The second-order valence-electron chi connectivity index (χ2n) is 5.49. The van der Waals surface area contributed by atoms with Gasteiger partial charge in [-0.05, 0) is 53.4 Å². The van der Waals surface area contributed by atoms with Crippen LogP contribution in [0.5, 0.6) is 5.75 Å². The fourth-order valence-electron chi connectivity index (χ4n) is 2.61. The third-order valence-electron chi connectivity index (χ3n) is 3.89. The number of halogens is 2. The minimum absolute atomic E-state index is 0.0190. The highest BCUT2D eigenvalue weighted by Crippen LogP contribution is 2.32. The summed E-state index contributed by atoms with van der Waals surface area (Å²) in [7, 11) is 0. The van der Waals surface area contributed by atoms with Gasteiger partial charge < -0.3 is 9.64 Å². The number of aryl methyl sites for hydroxylation is 1. The largest absolute Gasteiger partial charge is 0.482 e. The molecule has 1 aliphatic rings. The number of benzene rings is 1. The maximum absolute atomic E-state index is 12.3. The lowest BCUT2D eigenvalue weighted by atomic mass is 9.96. The minimum Gasteiger partial charge on any atom is -0.482 e. The zero-order chi connectivity index (χ0) is 17.0. The Morgan fingerprint density at radius 3 is 2.57 bits per heavy atom. The summed E-state index contributed by atoms with van der Waals surface area (Å²) < 4.78 is 7.42. The van der Waals surface area contributed by atoms with E-state index in [2.05, 4.69) is 37.3 Å². The first-order valence-corrected chi connectivity index (χ1v) is 8.87. The van der Waals surface area contributed by atoms with Crippen molar-refractivity contribution in [2.24, 2.45) is 11.8 Å². The number of nitrogens with two attached hydrogens (primary N) is 1. The second kappa shape index (κ2) is 8.12. The van der Waals surface area contributed by atoms with E-state index in [4.69, 9.17) is 10.6 Å². The molecule has 1 fully saturated rings. The van der Waals surface area contributed by atoms with Crippen LogP contribution in [0.1, 0.15) is 18.4 Å². The van der Waals surface area contributed by atoms with Gasteiger partial charge in [0.1, 0.15) is 5.75 Å². The van der Waals surface area contributed by atoms with Crippen LogP contribution in [0.2, 0.25) is 0 Å². The average Bonchev–Trinajstić information content (AvgIpc) is 2.53. The molecule has 1 heterocycles. The number of amides is 2. The Hall–Kier alpha value is -1.12. The van der Waals surface area contributed by atoms with Crippen LogP contribution in [0, 0.1) is 12.8 Å². The van der Waals surface area contributed by atoms with Gasteiger partial charge in [-0.1, -0.05) is 15.9 Å². The van der Waals surface area contributed by atoms with Crippen molar-refractivity contribution in [2.45, 2.75) is 19.8 Å². The van der Waals surface area contributed by atoms with E-state index in [1.165, 1.54) is 0 Å². The van der Waals surface area contributed by atoms with Gasteiger partial charge in [0.2, 0.25) is 5.91 Å². The Kier molecular flexibility index (Phi) is 6.43. The molecule has 0 saturated carbocycles. The highest BCUT2D eigenvalue weighted by atomic mass is 79.9. The molecular weight excluding hydrogens is 430 g/mol. The van der Waals surface area contributed by atoms with Crippen LogP contribution in [0.15, 0.2) is 21.1 Å². The van der Waals surface area contributed by atoms with E-state index in [1.54, 1.807) is 4.90 Å². The number of piperidine rings is 1. The van der Waals surface area contributed by atoms with Gasteiger partial charge in [0.05, 0.1) is 4.47 Å². The first kappa shape index (κ1) is 18.2. The van der Waals surface area contributed by atoms with Gasteiger partial charge in [-0.2, -0.15) is 0 Å². The second-order valence-corrected chi connectivity index (χ2v) is 7.26. The summed E-state index contributed by atoms with van der Waals surface area (Å²) in [5.74, 6) is 5.45. The number of nitrogens with one attached hydrogen (secondary N) is 1. The van der Waals surface area contributed by atoms with E-state index in [0.29, 0.717) is 31.7 Å². The molecule has 2 rings (SSSR count). The Morgan fingerprint density at radius 1 is 1.35 bits per heavy atom. The maximum Gasteiger partial charge on any atom is 0.260 e. The predicted octanol–water partition coefficient (Wildman–Crippen LogP) is 2.13. The van der Waals surface area contributed by atoms with Gasteiger partial charge in [0, 0.05) is 23.5 Å². The molecule has 6 nitrogen and oxygen atoms in total. The number of carbonyl (C=O) groups excluding carboxylic acids is 2. The monoisotopic (exact) mass is 447 g/mol.